The Morgan fingerprint density at radius 1 is 1.15 bits per heavy atom. The van der Waals surface area contributed by atoms with Gasteiger partial charge in [0, 0.05) is 11.8 Å². The van der Waals surface area contributed by atoms with Crippen molar-refractivity contribution in [2.45, 2.75) is 26.2 Å². The number of aromatic amines is 1. The van der Waals surface area contributed by atoms with Crippen LogP contribution in [0.15, 0.2) is 48.7 Å². The van der Waals surface area contributed by atoms with Crippen molar-refractivity contribution in [2.24, 2.45) is 0 Å². The molecule has 0 unspecified atom stereocenters. The molecular weight excluding hydrogens is 324 g/mol. The number of hydrogen-bond donors (Lipinski definition) is 2. The van der Waals surface area contributed by atoms with Crippen molar-refractivity contribution >= 4 is 17.4 Å². The maximum atomic E-state index is 12.3. The van der Waals surface area contributed by atoms with Gasteiger partial charge in [-0.15, -0.1) is 0 Å². The molecule has 2 heterocycles. The Balaban J connectivity index is 1.43. The van der Waals surface area contributed by atoms with E-state index in [9.17, 15) is 4.79 Å². The predicted molar refractivity (Wildman–Crippen MR) is 104 cm³/mol. The van der Waals surface area contributed by atoms with Gasteiger partial charge in [-0.05, 0) is 36.6 Å². The highest BCUT2D eigenvalue weighted by molar-refractivity contribution is 5.91. The molecular formula is C21H30N4O+2. The Morgan fingerprint density at radius 3 is 2.58 bits per heavy atom. The number of H-pyrrole nitrogens is 1. The number of quaternary nitrogens is 1. The first-order valence-corrected chi connectivity index (χ1v) is 9.68. The van der Waals surface area contributed by atoms with Crippen molar-refractivity contribution in [3.05, 3.63) is 54.2 Å². The first kappa shape index (κ1) is 18.4. The molecule has 0 aliphatic carbocycles. The van der Waals surface area contributed by atoms with Crippen LogP contribution in [0.1, 0.15) is 25.3 Å². The monoisotopic (exact) mass is 354 g/mol. The second kappa shape index (κ2) is 9.34. The van der Waals surface area contributed by atoms with Crippen molar-refractivity contribution in [1.82, 2.24) is 0 Å². The summed E-state index contributed by atoms with van der Waals surface area (Å²) in [4.78, 5) is 19.3. The lowest BCUT2D eigenvalue weighted by atomic mass is 10.1. The topological polar surface area (TPSA) is 50.9 Å². The van der Waals surface area contributed by atoms with Gasteiger partial charge in [-0.3, -0.25) is 9.69 Å². The molecule has 0 atom stereocenters. The third kappa shape index (κ3) is 5.30. The molecule has 5 heteroatoms. The van der Waals surface area contributed by atoms with Gasteiger partial charge in [0.2, 0.25) is 0 Å². The molecule has 3 N–H and O–H groups in total. The summed E-state index contributed by atoms with van der Waals surface area (Å²) in [5.74, 6) is 1.25. The SMILES string of the molecule is CCCCc1ccc(NC(=O)C[NH+]2CCN(c3cccc[nH+]3)CC2)cc1. The van der Waals surface area contributed by atoms with Gasteiger partial charge in [-0.1, -0.05) is 31.5 Å². The Bertz CT molecular complexity index is 679. The summed E-state index contributed by atoms with van der Waals surface area (Å²) in [7, 11) is 0. The number of benzene rings is 1. The van der Waals surface area contributed by atoms with E-state index in [0.717, 1.165) is 44.1 Å². The number of piperazine rings is 1. The zero-order valence-electron chi connectivity index (χ0n) is 15.6. The van der Waals surface area contributed by atoms with Crippen LogP contribution in [0.5, 0.6) is 0 Å². The van der Waals surface area contributed by atoms with Gasteiger partial charge in [0.15, 0.2) is 6.54 Å². The van der Waals surface area contributed by atoms with Crippen LogP contribution in [0, 0.1) is 0 Å². The highest BCUT2D eigenvalue weighted by Gasteiger charge is 2.27. The van der Waals surface area contributed by atoms with Crippen LogP contribution in [0.4, 0.5) is 11.5 Å². The lowest BCUT2D eigenvalue weighted by Gasteiger charge is -2.27. The largest absolute Gasteiger partial charge is 0.321 e. The van der Waals surface area contributed by atoms with E-state index in [1.165, 1.54) is 23.3 Å². The van der Waals surface area contributed by atoms with Gasteiger partial charge in [0.05, 0.1) is 6.20 Å². The van der Waals surface area contributed by atoms with Crippen LogP contribution in [-0.2, 0) is 11.2 Å². The van der Waals surface area contributed by atoms with Crippen LogP contribution in [-0.4, -0.2) is 38.6 Å². The molecule has 2 aromatic rings. The standard InChI is InChI=1S/C21H28N4O/c1-2-3-6-18-8-10-19(11-9-18)23-21(26)17-24-13-15-25(16-14-24)20-7-4-5-12-22-20/h4-5,7-12H,2-3,6,13-17H2,1H3,(H,23,26)/p+2. The van der Waals surface area contributed by atoms with Crippen molar-refractivity contribution < 1.29 is 14.7 Å². The molecule has 1 saturated heterocycles. The molecule has 1 aromatic heterocycles. The molecule has 1 amide bonds. The molecule has 0 spiro atoms. The number of carbonyl (C=O) groups excluding carboxylic acids is 1. The molecule has 138 valence electrons. The third-order valence-electron chi connectivity index (χ3n) is 4.97. The fourth-order valence-electron chi connectivity index (χ4n) is 3.39. The van der Waals surface area contributed by atoms with E-state index in [1.807, 2.05) is 30.5 Å². The minimum Gasteiger partial charge on any atom is -0.321 e. The summed E-state index contributed by atoms with van der Waals surface area (Å²) in [5, 5.41) is 3.04. The predicted octanol–water partition coefficient (Wildman–Crippen LogP) is 1.19. The fourth-order valence-corrected chi connectivity index (χ4v) is 3.39. The van der Waals surface area contributed by atoms with Crippen LogP contribution >= 0.6 is 0 Å². The number of carbonyl (C=O) groups is 1. The minimum absolute atomic E-state index is 0.0982. The van der Waals surface area contributed by atoms with Crippen LogP contribution < -0.4 is 20.1 Å². The van der Waals surface area contributed by atoms with Crippen molar-refractivity contribution in [2.75, 3.05) is 42.9 Å². The molecule has 1 aliphatic rings. The summed E-state index contributed by atoms with van der Waals surface area (Å²) in [6.45, 7) is 6.63. The molecule has 5 nitrogen and oxygen atoms in total. The maximum Gasteiger partial charge on any atom is 0.279 e. The van der Waals surface area contributed by atoms with E-state index in [0.29, 0.717) is 6.54 Å². The number of unbranched alkanes of at least 4 members (excludes halogenated alkanes) is 1. The first-order valence-electron chi connectivity index (χ1n) is 9.68. The average molecular weight is 354 g/mol. The second-order valence-electron chi connectivity index (χ2n) is 7.01. The summed E-state index contributed by atoms with van der Waals surface area (Å²) < 4.78 is 0. The van der Waals surface area contributed by atoms with E-state index in [-0.39, 0.29) is 5.91 Å². The first-order chi connectivity index (χ1) is 12.7. The minimum atomic E-state index is 0.0982. The number of pyridine rings is 1. The quantitative estimate of drug-likeness (QED) is 0.785. The summed E-state index contributed by atoms with van der Waals surface area (Å²) in [6.07, 6.45) is 5.48. The van der Waals surface area contributed by atoms with Gasteiger partial charge >= 0.3 is 0 Å². The maximum absolute atomic E-state index is 12.3. The molecule has 1 aromatic carbocycles. The number of nitrogens with one attached hydrogen (secondary N) is 3. The molecule has 26 heavy (non-hydrogen) atoms. The Morgan fingerprint density at radius 2 is 1.92 bits per heavy atom. The molecule has 1 aliphatic heterocycles. The molecule has 0 bridgehead atoms. The summed E-state index contributed by atoms with van der Waals surface area (Å²) in [5.41, 5.74) is 2.23. The lowest BCUT2D eigenvalue weighted by molar-refractivity contribution is -0.892. The summed E-state index contributed by atoms with van der Waals surface area (Å²) >= 11 is 0. The number of aryl methyl sites for hydroxylation is 1. The van der Waals surface area contributed by atoms with Gasteiger partial charge in [-0.2, -0.15) is 0 Å². The normalized spacial score (nSPS) is 15.0. The molecule has 0 saturated carbocycles. The number of aromatic nitrogens is 1. The zero-order chi connectivity index (χ0) is 18.2. The zero-order valence-corrected chi connectivity index (χ0v) is 15.6. The van der Waals surface area contributed by atoms with Gasteiger partial charge in [-0.25, -0.2) is 4.98 Å². The lowest BCUT2D eigenvalue weighted by Crippen LogP contribution is -3.15. The van der Waals surface area contributed by atoms with Gasteiger partial charge in [0.1, 0.15) is 26.2 Å². The van der Waals surface area contributed by atoms with E-state index >= 15 is 0 Å². The molecule has 3 rings (SSSR count). The molecule has 0 radical (unpaired) electrons. The summed E-state index contributed by atoms with van der Waals surface area (Å²) in [6, 6.07) is 14.4. The second-order valence-corrected chi connectivity index (χ2v) is 7.01. The Labute approximate surface area is 156 Å². The van der Waals surface area contributed by atoms with E-state index in [4.69, 9.17) is 0 Å². The number of amides is 1. The van der Waals surface area contributed by atoms with Crippen LogP contribution in [0.3, 0.4) is 0 Å². The van der Waals surface area contributed by atoms with Crippen molar-refractivity contribution in [3.63, 3.8) is 0 Å². The van der Waals surface area contributed by atoms with Gasteiger partial charge in [0.25, 0.3) is 11.7 Å². The highest BCUT2D eigenvalue weighted by Crippen LogP contribution is 2.11. The Hall–Kier alpha value is -2.40. The smallest absolute Gasteiger partial charge is 0.279 e. The number of nitrogens with zero attached hydrogens (tertiary/aromatic N) is 1. The number of hydrogen-bond acceptors (Lipinski definition) is 2. The van der Waals surface area contributed by atoms with E-state index in [1.54, 1.807) is 0 Å². The van der Waals surface area contributed by atoms with Crippen LogP contribution in [0.2, 0.25) is 0 Å². The third-order valence-corrected chi connectivity index (χ3v) is 4.97. The number of rotatable bonds is 7. The highest BCUT2D eigenvalue weighted by atomic mass is 16.2. The fraction of sp³-hybridized carbons (Fsp3) is 0.429. The number of anilines is 2. The van der Waals surface area contributed by atoms with Crippen molar-refractivity contribution in [3.8, 4) is 0 Å². The van der Waals surface area contributed by atoms with E-state index in [2.05, 4.69) is 40.3 Å². The molecule has 1 fully saturated rings. The van der Waals surface area contributed by atoms with Crippen molar-refractivity contribution in [1.29, 1.82) is 0 Å². The van der Waals surface area contributed by atoms with Gasteiger partial charge < -0.3 is 10.2 Å². The Kier molecular flexibility index (Phi) is 6.61. The van der Waals surface area contributed by atoms with Crippen LogP contribution in [0.25, 0.3) is 0 Å². The average Bonchev–Trinajstić information content (AvgIpc) is 2.69. The van der Waals surface area contributed by atoms with E-state index < -0.39 is 0 Å².